The molecule has 0 bridgehead atoms. The summed E-state index contributed by atoms with van der Waals surface area (Å²) >= 11 is 0. The Morgan fingerprint density at radius 2 is 1.74 bits per heavy atom. The highest BCUT2D eigenvalue weighted by molar-refractivity contribution is 7.89. The lowest BCUT2D eigenvalue weighted by atomic mass is 9.97. The lowest BCUT2D eigenvalue weighted by Gasteiger charge is -2.31. The highest BCUT2D eigenvalue weighted by atomic mass is 32.2. The van der Waals surface area contributed by atoms with Gasteiger partial charge in [0.05, 0.1) is 35.3 Å². The maximum absolute atomic E-state index is 13.3. The number of nitrogens with one attached hydrogen (secondary N) is 2. The molecule has 2 aliphatic heterocycles. The fraction of sp³-hybridized carbons (Fsp3) is 0.387. The molecule has 0 radical (unpaired) electrons. The number of alkyl halides is 3. The molecule has 0 aromatic heterocycles. The van der Waals surface area contributed by atoms with Gasteiger partial charge in [0.15, 0.2) is 0 Å². The average Bonchev–Trinajstić information content (AvgIpc) is 2.98. The number of aliphatic hydroxyl groups is 1. The first-order valence-corrected chi connectivity index (χ1v) is 15.7. The number of hydrogen-bond acceptors (Lipinski definition) is 6. The van der Waals surface area contributed by atoms with Crippen molar-refractivity contribution in [3.8, 4) is 5.75 Å². The Morgan fingerprint density at radius 1 is 1.00 bits per heavy atom. The largest absolute Gasteiger partial charge is 0.493 e. The highest BCUT2D eigenvalue weighted by Gasteiger charge is 2.33. The van der Waals surface area contributed by atoms with Gasteiger partial charge in [-0.25, -0.2) is 13.1 Å². The van der Waals surface area contributed by atoms with Crippen molar-refractivity contribution in [2.75, 3.05) is 19.7 Å². The van der Waals surface area contributed by atoms with Gasteiger partial charge in [-0.2, -0.15) is 13.2 Å². The minimum absolute atomic E-state index is 0.245. The van der Waals surface area contributed by atoms with Crippen LogP contribution in [0.4, 0.5) is 13.2 Å². The van der Waals surface area contributed by atoms with E-state index >= 15 is 0 Å². The van der Waals surface area contributed by atoms with Gasteiger partial charge in [0.2, 0.25) is 15.9 Å². The van der Waals surface area contributed by atoms with Gasteiger partial charge < -0.3 is 15.2 Å². The van der Waals surface area contributed by atoms with Gasteiger partial charge in [-0.15, -0.1) is 0 Å². The summed E-state index contributed by atoms with van der Waals surface area (Å²) in [5.74, 6) is 0.255. The molecule has 3 aromatic carbocycles. The van der Waals surface area contributed by atoms with Crippen LogP contribution in [0.2, 0.25) is 0 Å². The van der Waals surface area contributed by atoms with Crippen molar-refractivity contribution in [2.45, 2.75) is 61.5 Å². The van der Waals surface area contributed by atoms with E-state index in [4.69, 9.17) is 4.74 Å². The highest BCUT2D eigenvalue weighted by Crippen LogP contribution is 2.34. The van der Waals surface area contributed by atoms with E-state index in [2.05, 4.69) is 14.9 Å². The number of ether oxygens (including phenoxy) is 1. The van der Waals surface area contributed by atoms with Crippen LogP contribution in [0, 0.1) is 0 Å². The van der Waals surface area contributed by atoms with Crippen LogP contribution in [0.15, 0.2) is 77.7 Å². The maximum Gasteiger partial charge on any atom is 0.416 e. The molecule has 8 nitrogen and oxygen atoms in total. The predicted octanol–water partition coefficient (Wildman–Crippen LogP) is 4.71. The van der Waals surface area contributed by atoms with E-state index in [9.17, 15) is 31.5 Å². The third-order valence-electron chi connectivity index (χ3n) is 7.78. The van der Waals surface area contributed by atoms with Crippen molar-refractivity contribution in [1.82, 2.24) is 14.9 Å². The van der Waals surface area contributed by atoms with Crippen LogP contribution in [-0.4, -0.2) is 50.1 Å². The van der Waals surface area contributed by atoms with Gasteiger partial charge in [0.25, 0.3) is 0 Å². The number of amides is 1. The van der Waals surface area contributed by atoms with Crippen molar-refractivity contribution in [1.29, 1.82) is 0 Å². The molecule has 1 unspecified atom stereocenters. The normalized spacial score (nSPS) is 18.8. The lowest BCUT2D eigenvalue weighted by Crippen LogP contribution is -2.37. The Labute approximate surface area is 248 Å². The molecule has 2 heterocycles. The van der Waals surface area contributed by atoms with Crippen LogP contribution in [-0.2, 0) is 27.5 Å². The second kappa shape index (κ2) is 13.0. The van der Waals surface area contributed by atoms with Crippen LogP contribution in [0.3, 0.4) is 0 Å². The van der Waals surface area contributed by atoms with Crippen molar-refractivity contribution >= 4 is 15.9 Å². The minimum atomic E-state index is -4.71. The van der Waals surface area contributed by atoms with Gasteiger partial charge in [0, 0.05) is 38.0 Å². The number of halogens is 3. The Kier molecular flexibility index (Phi) is 9.40. The Hall–Kier alpha value is -3.45. The molecule has 230 valence electrons. The summed E-state index contributed by atoms with van der Waals surface area (Å²) in [5, 5.41) is 12.8. The first-order chi connectivity index (χ1) is 20.5. The SMILES string of the molecule is O=C(CC(NS(=O)(=O)c1cccc(C(F)(F)F)c1)c1ccccc1)N[C@@H]1CCOc2cc(CN3CCC(O)CC3)ccc21. The first-order valence-electron chi connectivity index (χ1n) is 14.2. The van der Waals surface area contributed by atoms with Crippen LogP contribution < -0.4 is 14.8 Å². The molecule has 2 aliphatic rings. The molecule has 1 amide bonds. The van der Waals surface area contributed by atoms with E-state index in [1.165, 1.54) is 0 Å². The summed E-state index contributed by atoms with van der Waals surface area (Å²) in [5.41, 5.74) is 1.30. The fourth-order valence-electron chi connectivity index (χ4n) is 5.46. The number of likely N-dealkylation sites (tertiary alicyclic amines) is 1. The zero-order valence-corrected chi connectivity index (χ0v) is 24.2. The van der Waals surface area contributed by atoms with E-state index in [0.717, 1.165) is 61.8 Å². The summed E-state index contributed by atoms with van der Waals surface area (Å²) in [6.07, 6.45) is -3.21. The fourth-order valence-corrected chi connectivity index (χ4v) is 6.73. The number of carbonyl (C=O) groups excluding carboxylic acids is 1. The summed E-state index contributed by atoms with van der Waals surface area (Å²) in [7, 11) is -4.41. The van der Waals surface area contributed by atoms with Gasteiger partial charge in [0.1, 0.15) is 5.75 Å². The minimum Gasteiger partial charge on any atom is -0.493 e. The first kappa shape index (κ1) is 31.0. The zero-order valence-electron chi connectivity index (χ0n) is 23.4. The van der Waals surface area contributed by atoms with E-state index < -0.39 is 38.6 Å². The molecule has 1 fully saturated rings. The topological polar surface area (TPSA) is 108 Å². The second-order valence-electron chi connectivity index (χ2n) is 11.0. The van der Waals surface area contributed by atoms with Gasteiger partial charge in [-0.3, -0.25) is 9.69 Å². The molecule has 12 heteroatoms. The summed E-state index contributed by atoms with van der Waals surface area (Å²) in [6.45, 7) is 2.75. The zero-order chi connectivity index (χ0) is 30.6. The lowest BCUT2D eigenvalue weighted by molar-refractivity contribution is -0.137. The number of rotatable bonds is 9. The molecule has 3 aromatic rings. The monoisotopic (exact) mass is 617 g/mol. The summed E-state index contributed by atoms with van der Waals surface area (Å²) in [4.78, 5) is 15.0. The van der Waals surface area contributed by atoms with Crippen LogP contribution >= 0.6 is 0 Å². The average molecular weight is 618 g/mol. The number of hydrogen-bond donors (Lipinski definition) is 3. The number of sulfonamides is 1. The van der Waals surface area contributed by atoms with E-state index in [-0.39, 0.29) is 18.6 Å². The molecule has 0 aliphatic carbocycles. The Balaban J connectivity index is 1.29. The van der Waals surface area contributed by atoms with Crippen LogP contribution in [0.25, 0.3) is 0 Å². The molecule has 3 N–H and O–H groups in total. The number of fused-ring (bicyclic) bond motifs is 1. The van der Waals surface area contributed by atoms with Crippen molar-refractivity contribution < 1.29 is 36.2 Å². The van der Waals surface area contributed by atoms with Crippen LogP contribution in [0.1, 0.15) is 60.0 Å². The maximum atomic E-state index is 13.3. The molecule has 2 atom stereocenters. The van der Waals surface area contributed by atoms with Crippen molar-refractivity contribution in [3.63, 3.8) is 0 Å². The number of nitrogens with zero attached hydrogens (tertiary/aromatic N) is 1. The Morgan fingerprint density at radius 3 is 2.47 bits per heavy atom. The summed E-state index contributed by atoms with van der Waals surface area (Å²) in [6, 6.07) is 16.4. The third kappa shape index (κ3) is 7.94. The Bertz CT molecular complexity index is 1530. The molecule has 1 saturated heterocycles. The van der Waals surface area contributed by atoms with E-state index in [1.54, 1.807) is 30.3 Å². The third-order valence-corrected chi connectivity index (χ3v) is 9.25. The molecular formula is C31H34F3N3O5S. The second-order valence-corrected chi connectivity index (χ2v) is 12.7. The summed E-state index contributed by atoms with van der Waals surface area (Å²) < 4.78 is 74.4. The standard InChI is InChI=1S/C31H34F3N3O5S/c32-31(33,34)23-7-4-8-25(18-23)43(40,41)36-28(22-5-2-1-3-6-22)19-30(39)35-27-13-16-42-29-17-21(9-10-26(27)29)20-37-14-11-24(38)12-15-37/h1-10,17-18,24,27-28,36,38H,11-16,19-20H2,(H,35,39)/t27-,28?/m1/s1. The van der Waals surface area contributed by atoms with Gasteiger partial charge >= 0.3 is 6.18 Å². The molecular weight excluding hydrogens is 583 g/mol. The smallest absolute Gasteiger partial charge is 0.416 e. The van der Waals surface area contributed by atoms with Crippen molar-refractivity contribution in [2.24, 2.45) is 0 Å². The molecule has 43 heavy (non-hydrogen) atoms. The van der Waals surface area contributed by atoms with Crippen molar-refractivity contribution in [3.05, 3.63) is 95.1 Å². The van der Waals surface area contributed by atoms with Gasteiger partial charge in [-0.1, -0.05) is 48.5 Å². The molecule has 0 saturated carbocycles. The number of aliphatic hydroxyl groups excluding tert-OH is 1. The molecule has 0 spiro atoms. The quantitative estimate of drug-likeness (QED) is 0.321. The number of benzene rings is 3. The van der Waals surface area contributed by atoms with Crippen LogP contribution in [0.5, 0.6) is 5.75 Å². The van der Waals surface area contributed by atoms with E-state index in [1.807, 2.05) is 18.2 Å². The van der Waals surface area contributed by atoms with E-state index in [0.29, 0.717) is 30.4 Å². The predicted molar refractivity (Wildman–Crippen MR) is 154 cm³/mol. The number of piperidine rings is 1. The molecule has 5 rings (SSSR count). The number of carbonyl (C=O) groups is 1. The van der Waals surface area contributed by atoms with Gasteiger partial charge in [-0.05, 0) is 48.2 Å².